The van der Waals surface area contributed by atoms with E-state index in [9.17, 15) is 15.0 Å². The summed E-state index contributed by atoms with van der Waals surface area (Å²) in [7, 11) is 0. The van der Waals surface area contributed by atoms with Crippen molar-refractivity contribution in [3.8, 4) is 0 Å². The van der Waals surface area contributed by atoms with Crippen LogP contribution in [-0.2, 0) is 4.79 Å². The minimum Gasteiger partial charge on any atom is -0.395 e. The van der Waals surface area contributed by atoms with Crippen LogP contribution in [0.5, 0.6) is 0 Å². The van der Waals surface area contributed by atoms with Gasteiger partial charge in [0.2, 0.25) is 5.91 Å². The number of aliphatic hydroxyl groups excluding tert-OH is 2. The van der Waals surface area contributed by atoms with Crippen LogP contribution in [0.4, 0.5) is 0 Å². The number of nitrogens with zero attached hydrogens (tertiary/aromatic N) is 2. The van der Waals surface area contributed by atoms with Crippen LogP contribution >= 0.6 is 0 Å². The van der Waals surface area contributed by atoms with Gasteiger partial charge in [0.15, 0.2) is 0 Å². The van der Waals surface area contributed by atoms with Crippen molar-refractivity contribution in [3.63, 3.8) is 0 Å². The lowest BCUT2D eigenvalue weighted by atomic mass is 9.94. The summed E-state index contributed by atoms with van der Waals surface area (Å²) >= 11 is 0. The SMILES string of the molecule is CCCCCCCCC(CCCCCCCC)CNC(=O)CCCCCN(CCCCCC(O)NCC(CCCCCCCC)CCCCCCCC)CCN(CCO)C1CCCCC1. The van der Waals surface area contributed by atoms with E-state index < -0.39 is 6.23 Å². The highest BCUT2D eigenvalue weighted by Gasteiger charge is 2.21. The smallest absolute Gasteiger partial charge is 0.220 e. The van der Waals surface area contributed by atoms with Gasteiger partial charge in [0.05, 0.1) is 6.61 Å². The number of unbranched alkanes of at least 4 members (excludes halogenated alkanes) is 24. The first-order valence-electron chi connectivity index (χ1n) is 29.7. The van der Waals surface area contributed by atoms with Gasteiger partial charge in [-0.1, -0.05) is 214 Å². The standard InChI is InChI=1S/C58H118N4O3/c1-5-9-13-17-21-28-38-54(39-29-22-18-14-10-6-2)52-59-57(64)44-34-26-36-46-61(48-49-62(50-51-63)56-42-32-25-33-43-56)47-37-27-35-45-58(65)60-53-55(40-30-23-19-15-11-7-3)41-31-24-20-16-12-8-4/h54-57,59,63-64H,5-53H2,1-4H3,(H,60,65). The lowest BCUT2D eigenvalue weighted by Crippen LogP contribution is -2.43. The molecule has 1 amide bonds. The molecular formula is C58H118N4O3. The zero-order chi connectivity index (χ0) is 47.1. The molecule has 0 saturated heterocycles. The Hall–Kier alpha value is -0.730. The zero-order valence-corrected chi connectivity index (χ0v) is 44.7. The zero-order valence-electron chi connectivity index (χ0n) is 44.7. The molecular weight excluding hydrogens is 801 g/mol. The van der Waals surface area contributed by atoms with E-state index in [0.29, 0.717) is 24.3 Å². The maximum absolute atomic E-state index is 13.1. The van der Waals surface area contributed by atoms with Gasteiger partial charge in [-0.2, -0.15) is 0 Å². The number of rotatable bonds is 51. The Balaban J connectivity index is 2.57. The van der Waals surface area contributed by atoms with Crippen LogP contribution in [0.3, 0.4) is 0 Å². The molecule has 1 aliphatic rings. The Bertz CT molecular complexity index is 931. The summed E-state index contributed by atoms with van der Waals surface area (Å²) in [5.74, 6) is 1.58. The first-order chi connectivity index (χ1) is 32.0. The fourth-order valence-electron chi connectivity index (χ4n) is 10.6. The van der Waals surface area contributed by atoms with Gasteiger partial charge in [-0.05, 0) is 95.6 Å². The summed E-state index contributed by atoms with van der Waals surface area (Å²) in [6.07, 6.45) is 51.8. The van der Waals surface area contributed by atoms with Gasteiger partial charge in [0, 0.05) is 45.2 Å². The Kier molecular flexibility index (Phi) is 46.3. The van der Waals surface area contributed by atoms with Gasteiger partial charge in [0.1, 0.15) is 6.23 Å². The predicted molar refractivity (Wildman–Crippen MR) is 285 cm³/mol. The second-order valence-corrected chi connectivity index (χ2v) is 21.2. The number of nitrogens with one attached hydrogen (secondary N) is 2. The van der Waals surface area contributed by atoms with Crippen molar-refractivity contribution in [2.75, 3.05) is 52.4 Å². The summed E-state index contributed by atoms with van der Waals surface area (Å²) in [6.45, 7) is 16.3. The van der Waals surface area contributed by atoms with E-state index in [1.165, 1.54) is 212 Å². The Labute approximate surface area is 407 Å². The maximum Gasteiger partial charge on any atom is 0.220 e. The van der Waals surface area contributed by atoms with Crippen molar-refractivity contribution >= 4 is 5.91 Å². The molecule has 1 rings (SSSR count). The molecule has 4 N–H and O–H groups in total. The van der Waals surface area contributed by atoms with Crippen LogP contribution in [0.1, 0.15) is 291 Å². The summed E-state index contributed by atoms with van der Waals surface area (Å²) in [4.78, 5) is 18.3. The third-order valence-corrected chi connectivity index (χ3v) is 15.1. The third kappa shape index (κ3) is 39.8. The van der Waals surface area contributed by atoms with E-state index in [4.69, 9.17) is 0 Å². The normalized spacial score (nSPS) is 14.2. The van der Waals surface area contributed by atoms with Crippen molar-refractivity contribution in [1.82, 2.24) is 20.4 Å². The van der Waals surface area contributed by atoms with Crippen molar-refractivity contribution in [2.45, 2.75) is 303 Å². The highest BCUT2D eigenvalue weighted by molar-refractivity contribution is 5.75. The molecule has 7 nitrogen and oxygen atoms in total. The molecule has 0 aromatic heterocycles. The summed E-state index contributed by atoms with van der Waals surface area (Å²) < 4.78 is 0. The number of amides is 1. The lowest BCUT2D eigenvalue weighted by Gasteiger charge is -2.35. The highest BCUT2D eigenvalue weighted by Crippen LogP contribution is 2.24. The second-order valence-electron chi connectivity index (χ2n) is 21.2. The van der Waals surface area contributed by atoms with E-state index in [1.807, 2.05) is 0 Å². The molecule has 1 aliphatic carbocycles. The molecule has 1 saturated carbocycles. The summed E-state index contributed by atoms with van der Waals surface area (Å²) in [5.41, 5.74) is 0. The van der Waals surface area contributed by atoms with E-state index in [0.717, 1.165) is 90.8 Å². The fourth-order valence-corrected chi connectivity index (χ4v) is 10.6. The average Bonchev–Trinajstić information content (AvgIpc) is 3.32. The summed E-state index contributed by atoms with van der Waals surface area (Å²) in [5, 5.41) is 27.9. The first kappa shape index (κ1) is 62.3. The molecule has 0 bridgehead atoms. The van der Waals surface area contributed by atoms with E-state index in [1.54, 1.807) is 0 Å². The van der Waals surface area contributed by atoms with Crippen molar-refractivity contribution < 1.29 is 15.0 Å². The molecule has 1 fully saturated rings. The van der Waals surface area contributed by atoms with Crippen LogP contribution in [-0.4, -0.2) is 90.6 Å². The monoisotopic (exact) mass is 919 g/mol. The largest absolute Gasteiger partial charge is 0.395 e. The quantitative estimate of drug-likeness (QED) is 0.0359. The minimum atomic E-state index is -0.394. The van der Waals surface area contributed by atoms with Crippen LogP contribution in [0.15, 0.2) is 0 Å². The second kappa shape index (κ2) is 48.3. The molecule has 0 aromatic carbocycles. The average molecular weight is 920 g/mol. The van der Waals surface area contributed by atoms with Gasteiger partial charge in [-0.15, -0.1) is 0 Å². The summed E-state index contributed by atoms with van der Waals surface area (Å²) in [6, 6.07) is 0.623. The van der Waals surface area contributed by atoms with Gasteiger partial charge < -0.3 is 20.4 Å². The van der Waals surface area contributed by atoms with E-state index in [2.05, 4.69) is 48.1 Å². The molecule has 388 valence electrons. The topological polar surface area (TPSA) is 88.1 Å². The molecule has 0 heterocycles. The predicted octanol–water partition coefficient (Wildman–Crippen LogP) is 15.3. The number of hydrogen-bond donors (Lipinski definition) is 4. The molecule has 1 atom stereocenters. The van der Waals surface area contributed by atoms with Gasteiger partial charge in [-0.25, -0.2) is 0 Å². The minimum absolute atomic E-state index is 0.243. The first-order valence-corrected chi connectivity index (χ1v) is 29.7. The van der Waals surface area contributed by atoms with Crippen LogP contribution in [0.25, 0.3) is 0 Å². The Morgan fingerprint density at radius 1 is 0.477 bits per heavy atom. The van der Waals surface area contributed by atoms with Crippen molar-refractivity contribution in [2.24, 2.45) is 11.8 Å². The lowest BCUT2D eigenvalue weighted by molar-refractivity contribution is -0.121. The molecule has 0 spiro atoms. The van der Waals surface area contributed by atoms with E-state index >= 15 is 0 Å². The third-order valence-electron chi connectivity index (χ3n) is 15.1. The van der Waals surface area contributed by atoms with Gasteiger partial charge in [0.25, 0.3) is 0 Å². The van der Waals surface area contributed by atoms with Gasteiger partial charge in [-0.3, -0.25) is 15.0 Å². The van der Waals surface area contributed by atoms with Crippen molar-refractivity contribution in [3.05, 3.63) is 0 Å². The van der Waals surface area contributed by atoms with Gasteiger partial charge >= 0.3 is 0 Å². The highest BCUT2D eigenvalue weighted by atomic mass is 16.3. The van der Waals surface area contributed by atoms with Crippen molar-refractivity contribution in [1.29, 1.82) is 0 Å². The number of aliphatic hydroxyl groups is 2. The van der Waals surface area contributed by atoms with E-state index in [-0.39, 0.29) is 12.5 Å². The fraction of sp³-hybridized carbons (Fsp3) is 0.983. The number of carbonyl (C=O) groups is 1. The van der Waals surface area contributed by atoms with Crippen LogP contribution < -0.4 is 10.6 Å². The molecule has 0 radical (unpaired) electrons. The number of hydrogen-bond acceptors (Lipinski definition) is 6. The Morgan fingerprint density at radius 2 is 0.892 bits per heavy atom. The molecule has 1 unspecified atom stereocenters. The molecule has 0 aromatic rings. The molecule has 7 heteroatoms. The molecule has 0 aliphatic heterocycles. The Morgan fingerprint density at radius 3 is 1.37 bits per heavy atom. The maximum atomic E-state index is 13.1. The molecule has 65 heavy (non-hydrogen) atoms. The van der Waals surface area contributed by atoms with Crippen LogP contribution in [0, 0.1) is 11.8 Å². The number of carbonyl (C=O) groups excluding carboxylic acids is 1. The van der Waals surface area contributed by atoms with Crippen LogP contribution in [0.2, 0.25) is 0 Å².